The Hall–Kier alpha value is -2.22. The SMILES string of the molecule is C=COc1ccc(Nc2ccccc2)cc1. The van der Waals surface area contributed by atoms with Gasteiger partial charge in [0.25, 0.3) is 0 Å². The smallest absolute Gasteiger partial charge is 0.126 e. The van der Waals surface area contributed by atoms with Gasteiger partial charge in [-0.1, -0.05) is 24.8 Å². The van der Waals surface area contributed by atoms with E-state index in [-0.39, 0.29) is 0 Å². The van der Waals surface area contributed by atoms with E-state index in [9.17, 15) is 0 Å². The minimum Gasteiger partial charge on any atom is -0.466 e. The van der Waals surface area contributed by atoms with Crippen LogP contribution in [0.1, 0.15) is 0 Å². The predicted octanol–water partition coefficient (Wildman–Crippen LogP) is 3.95. The maximum Gasteiger partial charge on any atom is 0.126 e. The van der Waals surface area contributed by atoms with Crippen molar-refractivity contribution < 1.29 is 4.74 Å². The lowest BCUT2D eigenvalue weighted by molar-refractivity contribution is 0.483. The van der Waals surface area contributed by atoms with Crippen LogP contribution in [-0.4, -0.2) is 0 Å². The monoisotopic (exact) mass is 211 g/mol. The molecule has 0 radical (unpaired) electrons. The molecule has 0 spiro atoms. The van der Waals surface area contributed by atoms with E-state index in [1.807, 2.05) is 54.6 Å². The number of hydrogen-bond donors (Lipinski definition) is 1. The molecular weight excluding hydrogens is 198 g/mol. The van der Waals surface area contributed by atoms with Crippen molar-refractivity contribution in [2.24, 2.45) is 0 Å². The number of rotatable bonds is 4. The molecule has 2 heteroatoms. The molecule has 0 aromatic heterocycles. The van der Waals surface area contributed by atoms with E-state index in [1.165, 1.54) is 6.26 Å². The van der Waals surface area contributed by atoms with Gasteiger partial charge in [-0.25, -0.2) is 0 Å². The summed E-state index contributed by atoms with van der Waals surface area (Å²) in [6, 6.07) is 17.8. The Bertz CT molecular complexity index is 448. The van der Waals surface area contributed by atoms with E-state index in [0.29, 0.717) is 0 Å². The highest BCUT2D eigenvalue weighted by molar-refractivity contribution is 5.59. The van der Waals surface area contributed by atoms with Crippen LogP contribution in [0.5, 0.6) is 5.75 Å². The first-order valence-corrected chi connectivity index (χ1v) is 5.08. The highest BCUT2D eigenvalue weighted by atomic mass is 16.5. The van der Waals surface area contributed by atoms with E-state index >= 15 is 0 Å². The van der Waals surface area contributed by atoms with E-state index in [2.05, 4.69) is 11.9 Å². The maximum absolute atomic E-state index is 5.15. The third-order valence-electron chi connectivity index (χ3n) is 2.14. The molecule has 2 nitrogen and oxygen atoms in total. The van der Waals surface area contributed by atoms with Gasteiger partial charge in [-0.3, -0.25) is 0 Å². The minimum absolute atomic E-state index is 0.786. The van der Waals surface area contributed by atoms with Crippen LogP contribution in [0.3, 0.4) is 0 Å². The Labute approximate surface area is 95.2 Å². The fraction of sp³-hybridized carbons (Fsp3) is 0. The second-order valence-electron chi connectivity index (χ2n) is 3.30. The van der Waals surface area contributed by atoms with Crippen molar-refractivity contribution in [2.75, 3.05) is 5.32 Å². The third-order valence-corrected chi connectivity index (χ3v) is 2.14. The molecule has 0 atom stereocenters. The first kappa shape index (κ1) is 10.3. The molecule has 0 bridgehead atoms. The molecule has 0 aliphatic carbocycles. The van der Waals surface area contributed by atoms with Gasteiger partial charge in [-0.05, 0) is 36.4 Å². The lowest BCUT2D eigenvalue weighted by Crippen LogP contribution is -1.89. The summed E-state index contributed by atoms with van der Waals surface area (Å²) in [5, 5.41) is 3.29. The van der Waals surface area contributed by atoms with Crippen molar-refractivity contribution in [3.05, 3.63) is 67.4 Å². The topological polar surface area (TPSA) is 21.3 Å². The second kappa shape index (κ2) is 5.03. The fourth-order valence-corrected chi connectivity index (χ4v) is 1.40. The van der Waals surface area contributed by atoms with Gasteiger partial charge < -0.3 is 10.1 Å². The van der Waals surface area contributed by atoms with Crippen LogP contribution in [0.2, 0.25) is 0 Å². The van der Waals surface area contributed by atoms with Gasteiger partial charge >= 0.3 is 0 Å². The average molecular weight is 211 g/mol. The van der Waals surface area contributed by atoms with Crippen LogP contribution >= 0.6 is 0 Å². The molecule has 0 aliphatic heterocycles. The molecule has 80 valence electrons. The standard InChI is InChI=1S/C14H13NO/c1-2-16-14-10-8-13(9-11-14)15-12-6-4-3-5-7-12/h2-11,15H,1H2. The molecule has 0 heterocycles. The van der Waals surface area contributed by atoms with E-state index < -0.39 is 0 Å². The van der Waals surface area contributed by atoms with Gasteiger partial charge in [0.15, 0.2) is 0 Å². The molecule has 0 saturated carbocycles. The summed E-state index contributed by atoms with van der Waals surface area (Å²) in [5.41, 5.74) is 2.10. The van der Waals surface area contributed by atoms with Crippen molar-refractivity contribution in [3.8, 4) is 5.75 Å². The zero-order chi connectivity index (χ0) is 11.2. The molecule has 2 rings (SSSR count). The Morgan fingerprint density at radius 2 is 1.50 bits per heavy atom. The van der Waals surface area contributed by atoms with Crippen molar-refractivity contribution in [2.45, 2.75) is 0 Å². The summed E-state index contributed by atoms with van der Waals surface area (Å²) in [6.45, 7) is 3.51. The van der Waals surface area contributed by atoms with Crippen molar-refractivity contribution in [3.63, 3.8) is 0 Å². The number of nitrogens with one attached hydrogen (secondary N) is 1. The average Bonchev–Trinajstić information content (AvgIpc) is 2.33. The summed E-state index contributed by atoms with van der Waals surface area (Å²) in [6.07, 6.45) is 1.42. The van der Waals surface area contributed by atoms with Crippen LogP contribution in [0.15, 0.2) is 67.4 Å². The maximum atomic E-state index is 5.15. The number of anilines is 2. The number of hydrogen-bond acceptors (Lipinski definition) is 2. The molecule has 0 aliphatic rings. The van der Waals surface area contributed by atoms with E-state index in [4.69, 9.17) is 4.74 Å². The van der Waals surface area contributed by atoms with E-state index in [0.717, 1.165) is 17.1 Å². The summed E-state index contributed by atoms with van der Waals surface area (Å²) in [7, 11) is 0. The van der Waals surface area contributed by atoms with Gasteiger partial charge in [0.2, 0.25) is 0 Å². The quantitative estimate of drug-likeness (QED) is 0.773. The van der Waals surface area contributed by atoms with Crippen LogP contribution in [0.4, 0.5) is 11.4 Å². The lowest BCUT2D eigenvalue weighted by Gasteiger charge is -2.06. The zero-order valence-electron chi connectivity index (χ0n) is 8.89. The fourth-order valence-electron chi connectivity index (χ4n) is 1.40. The first-order chi connectivity index (χ1) is 7.88. The van der Waals surface area contributed by atoms with Gasteiger partial charge in [0.1, 0.15) is 5.75 Å². The minimum atomic E-state index is 0.786. The van der Waals surface area contributed by atoms with Crippen molar-refractivity contribution >= 4 is 11.4 Å². The van der Waals surface area contributed by atoms with Crippen molar-refractivity contribution in [1.29, 1.82) is 0 Å². The molecule has 0 unspecified atom stereocenters. The number of ether oxygens (including phenoxy) is 1. The molecule has 0 amide bonds. The Morgan fingerprint density at radius 1 is 0.875 bits per heavy atom. The number of benzene rings is 2. The molecule has 0 saturated heterocycles. The molecule has 2 aromatic rings. The largest absolute Gasteiger partial charge is 0.466 e. The van der Waals surface area contributed by atoms with Crippen molar-refractivity contribution in [1.82, 2.24) is 0 Å². The van der Waals surface area contributed by atoms with Crippen LogP contribution in [0, 0.1) is 0 Å². The molecule has 0 fully saturated rings. The van der Waals surface area contributed by atoms with Gasteiger partial charge in [-0.15, -0.1) is 0 Å². The summed E-state index contributed by atoms with van der Waals surface area (Å²) in [4.78, 5) is 0. The second-order valence-corrected chi connectivity index (χ2v) is 3.30. The van der Waals surface area contributed by atoms with Gasteiger partial charge in [0.05, 0.1) is 6.26 Å². The van der Waals surface area contributed by atoms with Crippen LogP contribution in [-0.2, 0) is 0 Å². The van der Waals surface area contributed by atoms with Crippen LogP contribution < -0.4 is 10.1 Å². The van der Waals surface area contributed by atoms with Gasteiger partial charge in [0, 0.05) is 11.4 Å². The van der Waals surface area contributed by atoms with Gasteiger partial charge in [-0.2, -0.15) is 0 Å². The Morgan fingerprint density at radius 3 is 2.12 bits per heavy atom. The molecular formula is C14H13NO. The molecule has 1 N–H and O–H groups in total. The van der Waals surface area contributed by atoms with E-state index in [1.54, 1.807) is 0 Å². The summed E-state index contributed by atoms with van der Waals surface area (Å²) in [5.74, 6) is 0.786. The molecule has 2 aromatic carbocycles. The lowest BCUT2D eigenvalue weighted by atomic mass is 10.2. The zero-order valence-corrected chi connectivity index (χ0v) is 8.89. The Balaban J connectivity index is 2.08. The summed E-state index contributed by atoms with van der Waals surface area (Å²) >= 11 is 0. The highest BCUT2D eigenvalue weighted by Gasteiger charge is 1.94. The highest BCUT2D eigenvalue weighted by Crippen LogP contribution is 2.19. The normalized spacial score (nSPS) is 9.50. The van der Waals surface area contributed by atoms with Crippen LogP contribution in [0.25, 0.3) is 0 Å². The third kappa shape index (κ3) is 2.64. The molecule has 16 heavy (non-hydrogen) atoms. The summed E-state index contributed by atoms with van der Waals surface area (Å²) < 4.78 is 5.15. The number of para-hydroxylation sites is 1. The first-order valence-electron chi connectivity index (χ1n) is 5.08. The predicted molar refractivity (Wildman–Crippen MR) is 67.0 cm³/mol. The Kier molecular flexibility index (Phi) is 3.24.